The number of furan rings is 1. The molecule has 0 aliphatic rings. The zero-order chi connectivity index (χ0) is 13.8. The number of benzene rings is 1. The first-order valence-corrected chi connectivity index (χ1v) is 6.04. The molecule has 0 atom stereocenters. The molecule has 0 unspecified atom stereocenters. The molecule has 1 heterocycles. The lowest BCUT2D eigenvalue weighted by Gasteiger charge is -2.09. The molecule has 2 rings (SSSR count). The van der Waals surface area contributed by atoms with E-state index in [0.717, 1.165) is 0 Å². The Morgan fingerprint density at radius 2 is 1.95 bits per heavy atom. The fraction of sp³-hybridized carbons (Fsp3) is 0.267. The van der Waals surface area contributed by atoms with Crippen LogP contribution in [0.2, 0.25) is 0 Å². The second kappa shape index (κ2) is 5.61. The van der Waals surface area contributed by atoms with Crippen LogP contribution in [0.25, 0.3) is 0 Å². The first-order valence-electron chi connectivity index (χ1n) is 6.04. The van der Waals surface area contributed by atoms with Gasteiger partial charge in [0.1, 0.15) is 17.3 Å². The largest absolute Gasteiger partial charge is 0.497 e. The third-order valence-electron chi connectivity index (χ3n) is 2.96. The minimum atomic E-state index is -0.106. The minimum absolute atomic E-state index is 0.106. The summed E-state index contributed by atoms with van der Waals surface area (Å²) in [5.74, 6) is 1.72. The summed E-state index contributed by atoms with van der Waals surface area (Å²) in [4.78, 5) is 12.5. The van der Waals surface area contributed by atoms with Crippen LogP contribution in [0.5, 0.6) is 11.5 Å². The van der Waals surface area contributed by atoms with Gasteiger partial charge < -0.3 is 13.9 Å². The summed E-state index contributed by atoms with van der Waals surface area (Å²) in [6.45, 7) is 1.95. The van der Waals surface area contributed by atoms with E-state index >= 15 is 0 Å². The Kier molecular flexibility index (Phi) is 3.90. The monoisotopic (exact) mass is 260 g/mol. The molecular weight excluding hydrogens is 244 g/mol. The van der Waals surface area contributed by atoms with Crippen LogP contribution in [0, 0.1) is 0 Å². The molecule has 4 nitrogen and oxygen atoms in total. The third kappa shape index (κ3) is 2.47. The van der Waals surface area contributed by atoms with Gasteiger partial charge in [-0.2, -0.15) is 0 Å². The molecule has 0 amide bonds. The first kappa shape index (κ1) is 13.2. The molecule has 19 heavy (non-hydrogen) atoms. The minimum Gasteiger partial charge on any atom is -0.497 e. The van der Waals surface area contributed by atoms with Crippen molar-refractivity contribution in [3.63, 3.8) is 0 Å². The summed E-state index contributed by atoms with van der Waals surface area (Å²) < 4.78 is 15.7. The van der Waals surface area contributed by atoms with Gasteiger partial charge in [0.25, 0.3) is 0 Å². The van der Waals surface area contributed by atoms with Crippen molar-refractivity contribution in [2.45, 2.75) is 13.3 Å². The lowest BCUT2D eigenvalue weighted by Crippen LogP contribution is -2.05. The first-order chi connectivity index (χ1) is 9.21. The molecule has 0 radical (unpaired) electrons. The van der Waals surface area contributed by atoms with Crippen LogP contribution in [-0.2, 0) is 6.42 Å². The van der Waals surface area contributed by atoms with Crippen molar-refractivity contribution in [1.29, 1.82) is 0 Å². The number of carbonyl (C=O) groups is 1. The third-order valence-corrected chi connectivity index (χ3v) is 2.96. The SMILES string of the molecule is CCc1occc1C(=O)c1ccc(OC)cc1OC. The van der Waals surface area contributed by atoms with Crippen molar-refractivity contribution in [2.24, 2.45) is 0 Å². The van der Waals surface area contributed by atoms with Gasteiger partial charge in [0.15, 0.2) is 5.78 Å². The van der Waals surface area contributed by atoms with Gasteiger partial charge >= 0.3 is 0 Å². The molecule has 0 bridgehead atoms. The Bertz CT molecular complexity index is 584. The number of ketones is 1. The Morgan fingerprint density at radius 1 is 1.16 bits per heavy atom. The van der Waals surface area contributed by atoms with Crippen molar-refractivity contribution >= 4 is 5.78 Å². The number of ether oxygens (including phenoxy) is 2. The Morgan fingerprint density at radius 3 is 2.58 bits per heavy atom. The van der Waals surface area contributed by atoms with Crippen LogP contribution in [0.15, 0.2) is 34.9 Å². The highest BCUT2D eigenvalue weighted by Crippen LogP contribution is 2.28. The topological polar surface area (TPSA) is 48.7 Å². The molecule has 2 aromatic rings. The molecule has 0 saturated heterocycles. The van der Waals surface area contributed by atoms with Gasteiger partial charge in [0.2, 0.25) is 0 Å². The van der Waals surface area contributed by atoms with Crippen LogP contribution >= 0.6 is 0 Å². The molecule has 0 aliphatic heterocycles. The smallest absolute Gasteiger partial charge is 0.200 e. The van der Waals surface area contributed by atoms with E-state index in [4.69, 9.17) is 13.9 Å². The number of aryl methyl sites for hydroxylation is 1. The fourth-order valence-corrected chi connectivity index (χ4v) is 1.95. The highest BCUT2D eigenvalue weighted by atomic mass is 16.5. The van der Waals surface area contributed by atoms with Gasteiger partial charge in [-0.1, -0.05) is 6.92 Å². The average Bonchev–Trinajstić information content (AvgIpc) is 2.94. The van der Waals surface area contributed by atoms with Crippen LogP contribution in [0.3, 0.4) is 0 Å². The molecular formula is C15H16O4. The van der Waals surface area contributed by atoms with E-state index in [0.29, 0.717) is 34.8 Å². The number of hydrogen-bond donors (Lipinski definition) is 0. The van der Waals surface area contributed by atoms with E-state index in [-0.39, 0.29) is 5.78 Å². The van der Waals surface area contributed by atoms with E-state index < -0.39 is 0 Å². The summed E-state index contributed by atoms with van der Waals surface area (Å²) in [6.07, 6.45) is 2.20. The van der Waals surface area contributed by atoms with E-state index in [1.54, 1.807) is 31.4 Å². The zero-order valence-electron chi connectivity index (χ0n) is 11.2. The predicted molar refractivity (Wildman–Crippen MR) is 71.1 cm³/mol. The van der Waals surface area contributed by atoms with Gasteiger partial charge in [0, 0.05) is 12.5 Å². The molecule has 0 aliphatic carbocycles. The van der Waals surface area contributed by atoms with Crippen molar-refractivity contribution in [3.8, 4) is 11.5 Å². The van der Waals surface area contributed by atoms with Gasteiger partial charge in [-0.05, 0) is 18.2 Å². The predicted octanol–water partition coefficient (Wildman–Crippen LogP) is 3.09. The number of methoxy groups -OCH3 is 2. The highest BCUT2D eigenvalue weighted by Gasteiger charge is 2.19. The van der Waals surface area contributed by atoms with Gasteiger partial charge in [-0.3, -0.25) is 4.79 Å². The van der Waals surface area contributed by atoms with E-state index in [1.807, 2.05) is 6.92 Å². The van der Waals surface area contributed by atoms with Gasteiger partial charge in [-0.25, -0.2) is 0 Å². The lowest BCUT2D eigenvalue weighted by atomic mass is 10.0. The molecule has 0 N–H and O–H groups in total. The number of carbonyl (C=O) groups excluding carboxylic acids is 1. The molecule has 0 spiro atoms. The van der Waals surface area contributed by atoms with Gasteiger partial charge in [0.05, 0.1) is 31.6 Å². The molecule has 0 fully saturated rings. The van der Waals surface area contributed by atoms with Crippen LogP contribution in [-0.4, -0.2) is 20.0 Å². The summed E-state index contributed by atoms with van der Waals surface area (Å²) in [6, 6.07) is 6.82. The lowest BCUT2D eigenvalue weighted by molar-refractivity contribution is 0.103. The van der Waals surface area contributed by atoms with E-state index in [1.165, 1.54) is 13.4 Å². The summed E-state index contributed by atoms with van der Waals surface area (Å²) in [5, 5.41) is 0. The Balaban J connectivity index is 2.44. The standard InChI is InChI=1S/C15H16O4/c1-4-13-12(7-8-19-13)15(16)11-6-5-10(17-2)9-14(11)18-3/h5-9H,4H2,1-3H3. The fourth-order valence-electron chi connectivity index (χ4n) is 1.95. The highest BCUT2D eigenvalue weighted by molar-refractivity contribution is 6.11. The van der Waals surface area contributed by atoms with Crippen LogP contribution in [0.4, 0.5) is 0 Å². The maximum absolute atomic E-state index is 12.5. The molecule has 1 aromatic heterocycles. The zero-order valence-corrected chi connectivity index (χ0v) is 11.2. The van der Waals surface area contributed by atoms with Crippen molar-refractivity contribution in [2.75, 3.05) is 14.2 Å². The summed E-state index contributed by atoms with van der Waals surface area (Å²) in [7, 11) is 3.10. The van der Waals surface area contributed by atoms with Crippen molar-refractivity contribution in [3.05, 3.63) is 47.4 Å². The molecule has 100 valence electrons. The van der Waals surface area contributed by atoms with Gasteiger partial charge in [-0.15, -0.1) is 0 Å². The van der Waals surface area contributed by atoms with Crippen LogP contribution < -0.4 is 9.47 Å². The van der Waals surface area contributed by atoms with Crippen LogP contribution in [0.1, 0.15) is 28.6 Å². The van der Waals surface area contributed by atoms with Crippen molar-refractivity contribution < 1.29 is 18.7 Å². The average molecular weight is 260 g/mol. The maximum Gasteiger partial charge on any atom is 0.200 e. The quantitative estimate of drug-likeness (QED) is 0.775. The Labute approximate surface area is 111 Å². The summed E-state index contributed by atoms with van der Waals surface area (Å²) in [5.41, 5.74) is 1.07. The number of hydrogen-bond acceptors (Lipinski definition) is 4. The maximum atomic E-state index is 12.5. The second-order valence-electron chi connectivity index (χ2n) is 4.01. The second-order valence-corrected chi connectivity index (χ2v) is 4.01. The Hall–Kier alpha value is -2.23. The van der Waals surface area contributed by atoms with E-state index in [2.05, 4.69) is 0 Å². The molecule has 0 saturated carbocycles. The number of rotatable bonds is 5. The normalized spacial score (nSPS) is 10.3. The molecule has 1 aromatic carbocycles. The molecule has 4 heteroatoms. The summed E-state index contributed by atoms with van der Waals surface area (Å²) >= 11 is 0. The van der Waals surface area contributed by atoms with E-state index in [9.17, 15) is 4.79 Å². The van der Waals surface area contributed by atoms with Crippen molar-refractivity contribution in [1.82, 2.24) is 0 Å².